The summed E-state index contributed by atoms with van der Waals surface area (Å²) in [6.45, 7) is 3.14. The molecule has 3 rings (SSSR count). The lowest BCUT2D eigenvalue weighted by molar-refractivity contribution is 0.522. The molecule has 3 nitrogen and oxygen atoms in total. The number of nitrogen functional groups attached to an aromatic ring is 1. The van der Waals surface area contributed by atoms with E-state index >= 15 is 0 Å². The Morgan fingerprint density at radius 1 is 1.42 bits per heavy atom. The molecule has 1 aliphatic rings. The quantitative estimate of drug-likeness (QED) is 0.902. The molecule has 0 bridgehead atoms. The number of hydrogen-bond acceptors (Lipinski definition) is 3. The van der Waals surface area contributed by atoms with Gasteiger partial charge in [0.25, 0.3) is 0 Å². The van der Waals surface area contributed by atoms with Crippen molar-refractivity contribution >= 4 is 51.9 Å². The summed E-state index contributed by atoms with van der Waals surface area (Å²) in [5.74, 6) is 1.75. The number of halogens is 2. The monoisotopic (exact) mass is 315 g/mol. The number of aromatic nitrogens is 2. The first kappa shape index (κ1) is 13.4. The number of nitrogens with zero attached hydrogens (tertiary/aromatic N) is 2. The molecule has 2 N–H and O–H groups in total. The van der Waals surface area contributed by atoms with Gasteiger partial charge in [0, 0.05) is 11.3 Å². The van der Waals surface area contributed by atoms with Crippen LogP contribution in [-0.2, 0) is 6.54 Å². The summed E-state index contributed by atoms with van der Waals surface area (Å²) < 4.78 is 2.28. The molecule has 1 aromatic heterocycles. The second kappa shape index (κ2) is 4.76. The van der Waals surface area contributed by atoms with Gasteiger partial charge in [-0.1, -0.05) is 23.2 Å². The molecule has 1 unspecified atom stereocenters. The van der Waals surface area contributed by atoms with Crippen molar-refractivity contribution < 1.29 is 0 Å². The van der Waals surface area contributed by atoms with E-state index in [-0.39, 0.29) is 4.75 Å². The van der Waals surface area contributed by atoms with Crippen LogP contribution in [0.1, 0.15) is 19.8 Å². The Kier molecular flexibility index (Phi) is 3.36. The number of fused-ring (bicyclic) bond motifs is 1. The predicted octanol–water partition coefficient (Wildman–Crippen LogP) is 4.21. The fraction of sp³-hybridized carbons (Fsp3) is 0.462. The van der Waals surface area contributed by atoms with Crippen molar-refractivity contribution in [3.63, 3.8) is 0 Å². The number of benzene rings is 1. The summed E-state index contributed by atoms with van der Waals surface area (Å²) in [6, 6.07) is 3.63. The third-order valence-corrected chi connectivity index (χ3v) is 5.86. The third-order valence-electron chi connectivity index (χ3n) is 3.61. The molecule has 1 aromatic carbocycles. The Bertz CT molecular complexity index is 632. The van der Waals surface area contributed by atoms with Gasteiger partial charge in [0.1, 0.15) is 0 Å². The first-order chi connectivity index (χ1) is 8.98. The van der Waals surface area contributed by atoms with Crippen molar-refractivity contribution in [2.24, 2.45) is 0 Å². The van der Waals surface area contributed by atoms with Crippen molar-refractivity contribution in [3.8, 4) is 0 Å². The zero-order valence-corrected chi connectivity index (χ0v) is 12.9. The van der Waals surface area contributed by atoms with Crippen LogP contribution >= 0.6 is 35.0 Å². The lowest BCUT2D eigenvalue weighted by atomic mass is 10.1. The van der Waals surface area contributed by atoms with Crippen LogP contribution < -0.4 is 5.73 Å². The molecule has 6 heteroatoms. The Morgan fingerprint density at radius 3 is 2.84 bits per heavy atom. The molecule has 1 atom stereocenters. The minimum atomic E-state index is 0.230. The first-order valence-electron chi connectivity index (χ1n) is 6.23. The zero-order chi connectivity index (χ0) is 13.6. The van der Waals surface area contributed by atoms with Crippen molar-refractivity contribution in [1.29, 1.82) is 0 Å². The molecule has 1 aliphatic heterocycles. The number of thioether (sulfide) groups is 1. The minimum absolute atomic E-state index is 0.230. The molecule has 0 radical (unpaired) electrons. The molecule has 0 amide bonds. The average molecular weight is 316 g/mol. The zero-order valence-electron chi connectivity index (χ0n) is 10.6. The van der Waals surface area contributed by atoms with Crippen LogP contribution in [0.25, 0.3) is 11.0 Å². The Morgan fingerprint density at radius 2 is 2.16 bits per heavy atom. The van der Waals surface area contributed by atoms with Crippen molar-refractivity contribution in [1.82, 2.24) is 9.55 Å². The van der Waals surface area contributed by atoms with Crippen LogP contribution in [0.3, 0.4) is 0 Å². The van der Waals surface area contributed by atoms with E-state index in [0.717, 1.165) is 17.6 Å². The van der Waals surface area contributed by atoms with Crippen LogP contribution in [0.15, 0.2) is 12.1 Å². The molecule has 0 saturated carbocycles. The van der Waals surface area contributed by atoms with Crippen LogP contribution in [0.4, 0.5) is 5.95 Å². The molecule has 2 heterocycles. The number of rotatable bonds is 2. The standard InChI is InChI=1S/C13H15Cl2N3S/c1-13(3-2-4-19-13)7-18-11-6-9(15)8(14)5-10(11)17-12(18)16/h5-6H,2-4,7H2,1H3,(H2,16,17). The Labute approximate surface area is 126 Å². The maximum absolute atomic E-state index is 6.10. The minimum Gasteiger partial charge on any atom is -0.369 e. The van der Waals surface area contributed by atoms with Gasteiger partial charge in [-0.05, 0) is 37.7 Å². The van der Waals surface area contributed by atoms with E-state index in [1.54, 1.807) is 6.07 Å². The number of anilines is 1. The molecular weight excluding hydrogens is 301 g/mol. The fourth-order valence-corrected chi connectivity index (χ4v) is 4.21. The van der Waals surface area contributed by atoms with Crippen LogP contribution in [0.2, 0.25) is 10.0 Å². The highest BCUT2D eigenvalue weighted by Crippen LogP contribution is 2.40. The molecule has 19 heavy (non-hydrogen) atoms. The second-order valence-electron chi connectivity index (χ2n) is 5.21. The summed E-state index contributed by atoms with van der Waals surface area (Å²) in [7, 11) is 0. The van der Waals surface area contributed by atoms with Crippen molar-refractivity contribution in [2.75, 3.05) is 11.5 Å². The molecule has 0 spiro atoms. The van der Waals surface area contributed by atoms with E-state index in [9.17, 15) is 0 Å². The van der Waals surface area contributed by atoms with E-state index in [0.29, 0.717) is 16.0 Å². The predicted molar refractivity (Wildman–Crippen MR) is 84.3 cm³/mol. The maximum Gasteiger partial charge on any atom is 0.201 e. The Hall–Kier alpha value is -0.580. The molecule has 102 valence electrons. The lowest BCUT2D eigenvalue weighted by Gasteiger charge is -2.24. The number of imidazole rings is 1. The van der Waals surface area contributed by atoms with E-state index < -0.39 is 0 Å². The first-order valence-corrected chi connectivity index (χ1v) is 7.97. The van der Waals surface area contributed by atoms with E-state index in [1.165, 1.54) is 18.6 Å². The SMILES string of the molecule is CC1(Cn2c(N)nc3cc(Cl)c(Cl)cc32)CCCS1. The van der Waals surface area contributed by atoms with Gasteiger partial charge >= 0.3 is 0 Å². The highest BCUT2D eigenvalue weighted by molar-refractivity contribution is 8.00. The second-order valence-corrected chi connectivity index (χ2v) is 7.71. The Balaban J connectivity index is 2.07. The van der Waals surface area contributed by atoms with E-state index in [1.807, 2.05) is 17.8 Å². The molecule has 2 aromatic rings. The fourth-order valence-electron chi connectivity index (χ4n) is 2.60. The van der Waals surface area contributed by atoms with Gasteiger partial charge in [-0.25, -0.2) is 4.98 Å². The smallest absolute Gasteiger partial charge is 0.201 e. The van der Waals surface area contributed by atoms with Crippen LogP contribution in [-0.4, -0.2) is 20.1 Å². The molecule has 1 saturated heterocycles. The van der Waals surface area contributed by atoms with E-state index in [2.05, 4.69) is 16.5 Å². The van der Waals surface area contributed by atoms with Gasteiger partial charge in [0.05, 0.1) is 21.1 Å². The van der Waals surface area contributed by atoms with Gasteiger partial charge in [-0.2, -0.15) is 11.8 Å². The summed E-state index contributed by atoms with van der Waals surface area (Å²) >= 11 is 14.1. The number of hydrogen-bond donors (Lipinski definition) is 1. The maximum atomic E-state index is 6.10. The van der Waals surface area contributed by atoms with Gasteiger partial charge in [-0.3, -0.25) is 0 Å². The topological polar surface area (TPSA) is 43.8 Å². The lowest BCUT2D eigenvalue weighted by Crippen LogP contribution is -2.24. The highest BCUT2D eigenvalue weighted by atomic mass is 35.5. The normalized spacial score (nSPS) is 23.3. The average Bonchev–Trinajstić information content (AvgIpc) is 2.88. The van der Waals surface area contributed by atoms with Crippen LogP contribution in [0.5, 0.6) is 0 Å². The van der Waals surface area contributed by atoms with Gasteiger partial charge < -0.3 is 10.3 Å². The van der Waals surface area contributed by atoms with E-state index in [4.69, 9.17) is 28.9 Å². The molecule has 1 fully saturated rings. The van der Waals surface area contributed by atoms with Crippen LogP contribution in [0, 0.1) is 0 Å². The highest BCUT2D eigenvalue weighted by Gasteiger charge is 2.31. The van der Waals surface area contributed by atoms with Crippen molar-refractivity contribution in [2.45, 2.75) is 31.1 Å². The van der Waals surface area contributed by atoms with Gasteiger partial charge in [-0.15, -0.1) is 0 Å². The molecular formula is C13H15Cl2N3S. The third kappa shape index (κ3) is 2.41. The van der Waals surface area contributed by atoms with Crippen molar-refractivity contribution in [3.05, 3.63) is 22.2 Å². The summed E-state index contributed by atoms with van der Waals surface area (Å²) in [6.07, 6.45) is 2.47. The van der Waals surface area contributed by atoms with Gasteiger partial charge in [0.2, 0.25) is 5.95 Å². The summed E-state index contributed by atoms with van der Waals surface area (Å²) in [5, 5.41) is 1.06. The molecule has 0 aliphatic carbocycles. The van der Waals surface area contributed by atoms with Gasteiger partial charge in [0.15, 0.2) is 0 Å². The number of nitrogens with two attached hydrogens (primary N) is 1. The summed E-state index contributed by atoms with van der Waals surface area (Å²) in [5.41, 5.74) is 7.81. The largest absolute Gasteiger partial charge is 0.369 e. The summed E-state index contributed by atoms with van der Waals surface area (Å²) in [4.78, 5) is 4.38.